The van der Waals surface area contributed by atoms with Gasteiger partial charge in [0.15, 0.2) is 5.90 Å². The maximum absolute atomic E-state index is 5.96. The Morgan fingerprint density at radius 1 is 1.00 bits per heavy atom. The molecule has 4 rings (SSSR count). The molecule has 0 saturated heterocycles. The first kappa shape index (κ1) is 24.2. The van der Waals surface area contributed by atoms with Gasteiger partial charge in [0.2, 0.25) is 0 Å². The van der Waals surface area contributed by atoms with E-state index >= 15 is 0 Å². The standard InChI is InChI=1S/C19H21INO.C5H5.Fe/c1-12-7-5-6-8-13(12)14-9-10-15(20)17(14)18-21-16(11-22-18)19(2,3)4;1-2-4-5-3-1;/h5-10,16H,11H2,1-4H3;1-5H;/q;;+2/t16-;;/m1../s1. The predicted octanol–water partition coefficient (Wildman–Crippen LogP) is 5.74. The molecule has 2 aliphatic carbocycles. The van der Waals surface area contributed by atoms with Crippen LogP contribution in [-0.2, 0) is 21.8 Å². The summed E-state index contributed by atoms with van der Waals surface area (Å²) in [4.78, 5) is 4.87. The van der Waals surface area contributed by atoms with Crippen LogP contribution in [0.5, 0.6) is 0 Å². The Labute approximate surface area is 196 Å². The molecule has 28 heavy (non-hydrogen) atoms. The second kappa shape index (κ2) is 10.8. The van der Waals surface area contributed by atoms with E-state index in [2.05, 4.69) is 87.4 Å². The van der Waals surface area contributed by atoms with Crippen LogP contribution in [0, 0.1) is 73.0 Å². The van der Waals surface area contributed by atoms with Crippen molar-refractivity contribution in [2.75, 3.05) is 6.61 Å². The normalized spacial score (nSPS) is 23.6. The van der Waals surface area contributed by atoms with Crippen molar-refractivity contribution in [3.8, 4) is 0 Å². The summed E-state index contributed by atoms with van der Waals surface area (Å²) in [6, 6.07) is 8.69. The number of ether oxygens (including phenoxy) is 1. The number of nitrogens with zero attached hydrogens (tertiary/aromatic N) is 1. The largest absolute Gasteiger partial charge is 2.00 e. The number of benzene rings is 1. The van der Waals surface area contributed by atoms with E-state index in [1.807, 2.05) is 32.1 Å². The molecule has 0 spiro atoms. The molecule has 0 bridgehead atoms. The zero-order valence-corrected chi connectivity index (χ0v) is 20.0. The van der Waals surface area contributed by atoms with Crippen LogP contribution in [0.1, 0.15) is 31.9 Å². The van der Waals surface area contributed by atoms with E-state index in [9.17, 15) is 0 Å². The van der Waals surface area contributed by atoms with Gasteiger partial charge in [0, 0.05) is 5.92 Å². The van der Waals surface area contributed by atoms with E-state index in [-0.39, 0.29) is 28.5 Å². The van der Waals surface area contributed by atoms with Crippen LogP contribution in [0.15, 0.2) is 29.3 Å². The minimum Gasteiger partial charge on any atom is -0.478 e. The fourth-order valence-corrected chi connectivity index (χ4v) is 3.74. The molecule has 0 N–H and O–H groups in total. The van der Waals surface area contributed by atoms with Gasteiger partial charge < -0.3 is 4.74 Å². The molecule has 3 aliphatic rings. The molecule has 1 atom stereocenters. The SMILES string of the molecule is Cc1ccccc1[C]1[CH][CH][C](I)[C]1C1=N[C@@H](C(C)(C)C)CO1.[CH]1[CH][CH][CH][CH]1.[Fe+2]. The number of rotatable bonds is 2. The second-order valence-electron chi connectivity index (χ2n) is 7.87. The summed E-state index contributed by atoms with van der Waals surface area (Å²) in [5.41, 5.74) is 2.66. The smallest absolute Gasteiger partial charge is 0.478 e. The van der Waals surface area contributed by atoms with Crippen LogP contribution < -0.4 is 0 Å². The van der Waals surface area contributed by atoms with E-state index in [0.717, 1.165) is 11.8 Å². The summed E-state index contributed by atoms with van der Waals surface area (Å²) < 4.78 is 7.16. The van der Waals surface area contributed by atoms with Crippen LogP contribution >= 0.6 is 22.6 Å². The number of aryl methyl sites for hydroxylation is 1. The topological polar surface area (TPSA) is 21.6 Å². The Morgan fingerprint density at radius 3 is 2.14 bits per heavy atom. The molecule has 1 heterocycles. The Hall–Kier alpha value is -0.0605. The number of halogens is 1. The molecular formula is C24H26FeINO+2. The van der Waals surface area contributed by atoms with Crippen molar-refractivity contribution in [1.82, 2.24) is 0 Å². The van der Waals surface area contributed by atoms with Gasteiger partial charge in [-0.15, -0.1) is 0 Å². The molecule has 2 saturated carbocycles. The van der Waals surface area contributed by atoms with Crippen LogP contribution in [0.25, 0.3) is 0 Å². The third-order valence-corrected chi connectivity index (χ3v) is 5.66. The summed E-state index contributed by atoms with van der Waals surface area (Å²) in [5.74, 6) is 3.16. The van der Waals surface area contributed by atoms with E-state index in [1.165, 1.54) is 21.0 Å². The van der Waals surface area contributed by atoms with Gasteiger partial charge in [-0.25, -0.2) is 4.99 Å². The van der Waals surface area contributed by atoms with Crippen molar-refractivity contribution in [2.45, 2.75) is 33.7 Å². The van der Waals surface area contributed by atoms with Gasteiger partial charge in [0.25, 0.3) is 0 Å². The van der Waals surface area contributed by atoms with E-state index in [4.69, 9.17) is 9.73 Å². The number of hydrogen-bond acceptors (Lipinski definition) is 2. The van der Waals surface area contributed by atoms with Crippen molar-refractivity contribution >= 4 is 28.5 Å². The number of aliphatic imine (C=N–C) groups is 1. The Balaban J connectivity index is 0.000000408. The average molecular weight is 527 g/mol. The van der Waals surface area contributed by atoms with Gasteiger partial charge in [-0.1, -0.05) is 67.6 Å². The second-order valence-corrected chi connectivity index (χ2v) is 9.04. The summed E-state index contributed by atoms with van der Waals surface area (Å²) in [7, 11) is 0. The molecule has 2 nitrogen and oxygen atoms in total. The molecule has 0 aromatic heterocycles. The maximum Gasteiger partial charge on any atom is 2.00 e. The van der Waals surface area contributed by atoms with Crippen LogP contribution in [0.3, 0.4) is 0 Å². The minimum atomic E-state index is 0. The summed E-state index contributed by atoms with van der Waals surface area (Å²) >= 11 is 2.38. The molecule has 0 unspecified atom stereocenters. The molecular weight excluding hydrogens is 501 g/mol. The fraction of sp³-hybridized carbons (Fsp3) is 0.292. The first-order valence-electron chi connectivity index (χ1n) is 9.27. The molecule has 1 aromatic carbocycles. The van der Waals surface area contributed by atoms with Crippen molar-refractivity contribution in [3.05, 3.63) is 96.1 Å². The summed E-state index contributed by atoms with van der Waals surface area (Å²) in [6.07, 6.45) is 14.3. The van der Waals surface area contributed by atoms with Gasteiger partial charge in [0.05, 0.1) is 15.9 Å². The molecule has 146 valence electrons. The van der Waals surface area contributed by atoms with E-state index in [1.54, 1.807) is 0 Å². The number of hydrogen-bond donors (Lipinski definition) is 0. The van der Waals surface area contributed by atoms with Crippen molar-refractivity contribution in [2.24, 2.45) is 10.4 Å². The predicted molar refractivity (Wildman–Crippen MR) is 121 cm³/mol. The van der Waals surface area contributed by atoms with Crippen molar-refractivity contribution in [1.29, 1.82) is 0 Å². The molecule has 1 aliphatic heterocycles. The third-order valence-electron chi connectivity index (χ3n) is 4.76. The third kappa shape index (κ3) is 5.98. The Morgan fingerprint density at radius 2 is 1.61 bits per heavy atom. The Kier molecular flexibility index (Phi) is 9.35. The van der Waals surface area contributed by atoms with Gasteiger partial charge in [-0.05, 0) is 68.4 Å². The first-order valence-corrected chi connectivity index (χ1v) is 10.3. The van der Waals surface area contributed by atoms with Crippen molar-refractivity contribution < 1.29 is 21.8 Å². The van der Waals surface area contributed by atoms with Crippen LogP contribution in [-0.4, -0.2) is 18.5 Å². The Bertz CT molecular complexity index is 643. The van der Waals surface area contributed by atoms with Gasteiger partial charge in [0.1, 0.15) is 6.61 Å². The molecule has 4 heteroatoms. The molecule has 1 aromatic rings. The molecule has 2 fully saturated rings. The summed E-state index contributed by atoms with van der Waals surface area (Å²) in [6.45, 7) is 9.46. The zero-order chi connectivity index (χ0) is 19.4. The average Bonchev–Trinajstić information content (AvgIpc) is 3.37. The first-order chi connectivity index (χ1) is 12.9. The maximum atomic E-state index is 5.96. The minimum absolute atomic E-state index is 0. The zero-order valence-electron chi connectivity index (χ0n) is 16.7. The van der Waals surface area contributed by atoms with E-state index in [0.29, 0.717) is 6.61 Å². The van der Waals surface area contributed by atoms with Crippen LogP contribution in [0.2, 0.25) is 0 Å². The van der Waals surface area contributed by atoms with Gasteiger partial charge in [-0.3, -0.25) is 0 Å². The quantitative estimate of drug-likeness (QED) is 0.355. The van der Waals surface area contributed by atoms with Crippen LogP contribution in [0.4, 0.5) is 0 Å². The van der Waals surface area contributed by atoms with Gasteiger partial charge >= 0.3 is 17.1 Å². The molecule has 10 radical (unpaired) electrons. The summed E-state index contributed by atoms with van der Waals surface area (Å²) in [5, 5.41) is 0. The molecule has 0 amide bonds. The fourth-order valence-electron chi connectivity index (χ4n) is 3.04. The van der Waals surface area contributed by atoms with Gasteiger partial charge in [-0.2, -0.15) is 0 Å². The monoisotopic (exact) mass is 527 g/mol. The van der Waals surface area contributed by atoms with Crippen molar-refractivity contribution in [3.63, 3.8) is 0 Å². The van der Waals surface area contributed by atoms with E-state index < -0.39 is 0 Å².